The van der Waals surface area contributed by atoms with Gasteiger partial charge in [-0.2, -0.15) is 0 Å². The molecule has 1 amide bonds. The van der Waals surface area contributed by atoms with Crippen LogP contribution in [0.4, 0.5) is 5.13 Å². The van der Waals surface area contributed by atoms with E-state index >= 15 is 0 Å². The van der Waals surface area contributed by atoms with Gasteiger partial charge >= 0.3 is 5.63 Å². The molecule has 0 radical (unpaired) electrons. The fraction of sp³-hybridized carbons (Fsp3) is 0.480. The normalized spacial score (nSPS) is 28.2. The second kappa shape index (κ2) is 7.44. The third kappa shape index (κ3) is 3.34. The highest BCUT2D eigenvalue weighted by Crippen LogP contribution is 2.60. The lowest BCUT2D eigenvalue weighted by Crippen LogP contribution is -2.48. The summed E-state index contributed by atoms with van der Waals surface area (Å²) >= 11 is 1.45. The van der Waals surface area contributed by atoms with Gasteiger partial charge in [0, 0.05) is 22.2 Å². The standard InChI is InChI=1S/C25H26N2O4S/c1-2-30-18-4-3-17-8-19(23(29)31-20(17)9-18)22(28)27-24-26-21(13-32-24)25-10-14-5-15(11-25)7-16(6-14)12-25/h3-4,8-9,13-16H,2,5-7,10-12H2,1H3,(H,26,27,28). The van der Waals surface area contributed by atoms with Crippen LogP contribution < -0.4 is 15.7 Å². The minimum absolute atomic E-state index is 0.0202. The van der Waals surface area contributed by atoms with Crippen LogP contribution >= 0.6 is 11.3 Å². The molecule has 0 spiro atoms. The molecule has 4 saturated carbocycles. The van der Waals surface area contributed by atoms with Crippen molar-refractivity contribution in [3.05, 3.63) is 51.3 Å². The summed E-state index contributed by atoms with van der Waals surface area (Å²) in [5, 5.41) is 6.16. The Kier molecular flexibility index (Phi) is 4.64. The summed E-state index contributed by atoms with van der Waals surface area (Å²) in [5.74, 6) is 2.66. The highest BCUT2D eigenvalue weighted by Gasteiger charge is 2.52. The monoisotopic (exact) mass is 450 g/mol. The van der Waals surface area contributed by atoms with Gasteiger partial charge in [0.05, 0.1) is 12.3 Å². The minimum atomic E-state index is -0.665. The van der Waals surface area contributed by atoms with E-state index in [9.17, 15) is 9.59 Å². The van der Waals surface area contributed by atoms with Crippen molar-refractivity contribution in [3.63, 3.8) is 0 Å². The van der Waals surface area contributed by atoms with Crippen molar-refractivity contribution in [1.29, 1.82) is 0 Å². The van der Waals surface area contributed by atoms with Gasteiger partial charge in [0.15, 0.2) is 5.13 Å². The second-order valence-corrected chi connectivity index (χ2v) is 10.6. The largest absolute Gasteiger partial charge is 0.494 e. The molecule has 32 heavy (non-hydrogen) atoms. The van der Waals surface area contributed by atoms with E-state index in [1.807, 2.05) is 6.92 Å². The zero-order valence-corrected chi connectivity index (χ0v) is 18.9. The van der Waals surface area contributed by atoms with E-state index in [1.165, 1.54) is 49.9 Å². The van der Waals surface area contributed by atoms with E-state index < -0.39 is 11.5 Å². The number of carbonyl (C=O) groups excluding carboxylic acids is 1. The molecule has 0 atom stereocenters. The molecule has 4 bridgehead atoms. The molecular formula is C25H26N2O4S. The first-order valence-electron chi connectivity index (χ1n) is 11.5. The average Bonchev–Trinajstić information content (AvgIpc) is 3.22. The van der Waals surface area contributed by atoms with Gasteiger partial charge in [-0.25, -0.2) is 9.78 Å². The van der Waals surface area contributed by atoms with Crippen LogP contribution in [-0.2, 0) is 5.41 Å². The van der Waals surface area contributed by atoms with Gasteiger partial charge in [0.25, 0.3) is 5.91 Å². The van der Waals surface area contributed by atoms with Crippen LogP contribution in [-0.4, -0.2) is 17.5 Å². The Morgan fingerprint density at radius 1 is 1.19 bits per heavy atom. The summed E-state index contributed by atoms with van der Waals surface area (Å²) in [5.41, 5.74) is 1.03. The molecule has 7 heteroatoms. The number of rotatable bonds is 5. The van der Waals surface area contributed by atoms with Gasteiger partial charge in [0.2, 0.25) is 0 Å². The molecule has 2 heterocycles. The summed E-state index contributed by atoms with van der Waals surface area (Å²) in [7, 11) is 0. The highest BCUT2D eigenvalue weighted by atomic mass is 32.1. The maximum absolute atomic E-state index is 12.9. The predicted molar refractivity (Wildman–Crippen MR) is 124 cm³/mol. The van der Waals surface area contributed by atoms with Gasteiger partial charge in [-0.3, -0.25) is 10.1 Å². The lowest BCUT2D eigenvalue weighted by atomic mass is 9.49. The molecule has 3 aromatic rings. The van der Waals surface area contributed by atoms with Crippen molar-refractivity contribution in [2.75, 3.05) is 11.9 Å². The van der Waals surface area contributed by atoms with Crippen LogP contribution in [0.2, 0.25) is 0 Å². The van der Waals surface area contributed by atoms with Gasteiger partial charge in [-0.05, 0) is 81.4 Å². The summed E-state index contributed by atoms with van der Waals surface area (Å²) in [6, 6.07) is 6.82. The van der Waals surface area contributed by atoms with Gasteiger partial charge in [0.1, 0.15) is 16.9 Å². The SMILES string of the molecule is CCOc1ccc2cc(C(=O)Nc3nc(C45CC6CC(CC(C6)C4)C5)cs3)c(=O)oc2c1. The van der Waals surface area contributed by atoms with E-state index in [0.29, 0.717) is 28.5 Å². The number of carbonyl (C=O) groups is 1. The molecule has 0 saturated heterocycles. The highest BCUT2D eigenvalue weighted by molar-refractivity contribution is 7.14. The molecule has 2 aromatic heterocycles. The van der Waals surface area contributed by atoms with Crippen molar-refractivity contribution in [3.8, 4) is 5.75 Å². The van der Waals surface area contributed by atoms with Crippen molar-refractivity contribution >= 4 is 33.3 Å². The number of nitrogens with one attached hydrogen (secondary N) is 1. The number of ether oxygens (including phenoxy) is 1. The van der Waals surface area contributed by atoms with Crippen molar-refractivity contribution < 1.29 is 13.9 Å². The van der Waals surface area contributed by atoms with E-state index in [2.05, 4.69) is 10.7 Å². The number of thiazole rings is 1. The minimum Gasteiger partial charge on any atom is -0.494 e. The van der Waals surface area contributed by atoms with Crippen LogP contribution in [0.1, 0.15) is 61.5 Å². The third-order valence-electron chi connectivity index (χ3n) is 7.57. The number of hydrogen-bond donors (Lipinski definition) is 1. The predicted octanol–water partition coefficient (Wildman–Crippen LogP) is 5.37. The lowest BCUT2D eigenvalue weighted by Gasteiger charge is -2.56. The molecule has 4 aliphatic carbocycles. The lowest BCUT2D eigenvalue weighted by molar-refractivity contribution is -0.00688. The zero-order valence-electron chi connectivity index (χ0n) is 18.1. The molecule has 1 N–H and O–H groups in total. The molecule has 4 fully saturated rings. The number of amides is 1. The average molecular weight is 451 g/mol. The molecule has 6 nitrogen and oxygen atoms in total. The van der Waals surface area contributed by atoms with E-state index in [4.69, 9.17) is 14.1 Å². The topological polar surface area (TPSA) is 81.4 Å². The number of hydrogen-bond acceptors (Lipinski definition) is 6. The summed E-state index contributed by atoms with van der Waals surface area (Å²) in [6.07, 6.45) is 7.85. The Morgan fingerprint density at radius 2 is 1.91 bits per heavy atom. The molecule has 1 aromatic carbocycles. The van der Waals surface area contributed by atoms with Crippen LogP contribution in [0.3, 0.4) is 0 Å². The van der Waals surface area contributed by atoms with Crippen LogP contribution in [0, 0.1) is 17.8 Å². The van der Waals surface area contributed by atoms with E-state index in [1.54, 1.807) is 24.3 Å². The maximum atomic E-state index is 12.9. The molecule has 0 aliphatic heterocycles. The number of anilines is 1. The smallest absolute Gasteiger partial charge is 0.349 e. The first-order valence-corrected chi connectivity index (χ1v) is 12.4. The summed E-state index contributed by atoms with van der Waals surface area (Å²) < 4.78 is 10.8. The molecule has 166 valence electrons. The quantitative estimate of drug-likeness (QED) is 0.529. The second-order valence-electron chi connectivity index (χ2n) is 9.77. The first-order chi connectivity index (χ1) is 15.5. The third-order valence-corrected chi connectivity index (χ3v) is 8.33. The zero-order chi connectivity index (χ0) is 21.9. The number of aromatic nitrogens is 1. The Morgan fingerprint density at radius 3 is 2.59 bits per heavy atom. The molecule has 0 unspecified atom stereocenters. The Hall–Kier alpha value is -2.67. The fourth-order valence-electron chi connectivity index (χ4n) is 6.67. The van der Waals surface area contributed by atoms with Gasteiger partial charge in [-0.1, -0.05) is 0 Å². The van der Waals surface area contributed by atoms with Crippen molar-refractivity contribution in [1.82, 2.24) is 4.98 Å². The van der Waals surface area contributed by atoms with Gasteiger partial charge in [-0.15, -0.1) is 11.3 Å². The maximum Gasteiger partial charge on any atom is 0.349 e. The molecule has 7 rings (SSSR count). The summed E-state index contributed by atoms with van der Waals surface area (Å²) in [6.45, 7) is 2.41. The first kappa shape index (κ1) is 20.0. The van der Waals surface area contributed by atoms with Crippen molar-refractivity contribution in [2.24, 2.45) is 17.8 Å². The number of nitrogens with zero attached hydrogens (tertiary/aromatic N) is 1. The molecule has 4 aliphatic rings. The van der Waals surface area contributed by atoms with Crippen molar-refractivity contribution in [2.45, 2.75) is 50.9 Å². The van der Waals surface area contributed by atoms with E-state index in [-0.39, 0.29) is 11.0 Å². The van der Waals surface area contributed by atoms with Crippen LogP contribution in [0.15, 0.2) is 38.9 Å². The van der Waals surface area contributed by atoms with Crippen LogP contribution in [0.5, 0.6) is 5.75 Å². The summed E-state index contributed by atoms with van der Waals surface area (Å²) in [4.78, 5) is 30.2. The Bertz CT molecular complexity index is 1230. The van der Waals surface area contributed by atoms with Crippen LogP contribution in [0.25, 0.3) is 11.0 Å². The Balaban J connectivity index is 1.24. The molecular weight excluding hydrogens is 424 g/mol. The Labute approximate surface area is 190 Å². The van der Waals surface area contributed by atoms with E-state index in [0.717, 1.165) is 23.4 Å². The number of fused-ring (bicyclic) bond motifs is 1. The fourth-order valence-corrected chi connectivity index (χ4v) is 7.50. The van der Waals surface area contributed by atoms with Gasteiger partial charge < -0.3 is 9.15 Å². The number of benzene rings is 1.